The number of piperazine rings is 1. The summed E-state index contributed by atoms with van der Waals surface area (Å²) in [4.78, 5) is 26.7. The largest absolute Gasteiger partial charge is 0.460 e. The highest BCUT2D eigenvalue weighted by Gasteiger charge is 2.34. The molecule has 1 saturated heterocycles. The number of esters is 1. The molecule has 3 rings (SSSR count). The fourth-order valence-corrected chi connectivity index (χ4v) is 5.32. The van der Waals surface area contributed by atoms with Crippen molar-refractivity contribution >= 4 is 21.9 Å². The van der Waals surface area contributed by atoms with Gasteiger partial charge in [0.15, 0.2) is 0 Å². The maximum absolute atomic E-state index is 13.0. The first-order valence-electron chi connectivity index (χ1n) is 11.6. The number of carbonyl (C=O) groups is 2. The third kappa shape index (κ3) is 6.05. The Morgan fingerprint density at radius 1 is 1.06 bits per heavy atom. The molecule has 0 radical (unpaired) electrons. The lowest BCUT2D eigenvalue weighted by molar-refractivity contribution is -0.127. The number of nitrogens with one attached hydrogen (secondary N) is 1. The summed E-state index contributed by atoms with van der Waals surface area (Å²) in [7, 11) is -3.89. The number of benzene rings is 1. The molecule has 1 N–H and O–H groups in total. The Labute approximate surface area is 201 Å². The maximum Gasteiger partial charge on any atom is 0.374 e. The molecule has 0 aliphatic carbocycles. The summed E-state index contributed by atoms with van der Waals surface area (Å²) in [5, 5.41) is 2.86. The van der Waals surface area contributed by atoms with Crippen molar-refractivity contribution in [1.29, 1.82) is 0 Å². The fraction of sp³-hybridized carbons (Fsp3) is 0.500. The van der Waals surface area contributed by atoms with Gasteiger partial charge in [0.25, 0.3) is 10.0 Å². The van der Waals surface area contributed by atoms with Crippen LogP contribution in [0.25, 0.3) is 0 Å². The minimum Gasteiger partial charge on any atom is -0.460 e. The van der Waals surface area contributed by atoms with Crippen molar-refractivity contribution in [2.24, 2.45) is 0 Å². The first-order chi connectivity index (χ1) is 16.3. The predicted octanol–water partition coefficient (Wildman–Crippen LogP) is 2.81. The number of nitrogens with zero attached hydrogens (tertiary/aromatic N) is 2. The molecule has 1 aliphatic rings. The Balaban J connectivity index is 1.59. The number of amides is 1. The van der Waals surface area contributed by atoms with Crippen LogP contribution < -0.4 is 5.32 Å². The third-order valence-corrected chi connectivity index (χ3v) is 7.72. The molecule has 0 spiro atoms. The molecule has 2 aromatic rings. The van der Waals surface area contributed by atoms with Crippen molar-refractivity contribution in [1.82, 2.24) is 14.5 Å². The average molecular weight is 492 g/mol. The SMILES string of the molecule is CCCC(NC(=O)C(C)N1CCN(S(=O)(=O)c2ccc(C(=O)OCC)o2)CC1)c1ccccc1. The van der Waals surface area contributed by atoms with Gasteiger partial charge in [-0.25, -0.2) is 13.2 Å². The highest BCUT2D eigenvalue weighted by atomic mass is 32.2. The van der Waals surface area contributed by atoms with Crippen LogP contribution in [0.1, 0.15) is 55.8 Å². The molecule has 1 aromatic carbocycles. The Bertz CT molecular complexity index is 1060. The topological polar surface area (TPSA) is 109 Å². The van der Waals surface area contributed by atoms with Crippen molar-refractivity contribution in [2.45, 2.75) is 50.8 Å². The number of rotatable bonds is 10. The number of hydrogen-bond donors (Lipinski definition) is 1. The van der Waals surface area contributed by atoms with Gasteiger partial charge in [-0.3, -0.25) is 9.69 Å². The molecular formula is C24H33N3O6S. The normalized spacial score (nSPS) is 17.1. The smallest absolute Gasteiger partial charge is 0.374 e. The lowest BCUT2D eigenvalue weighted by Crippen LogP contribution is -2.55. The zero-order valence-electron chi connectivity index (χ0n) is 19.9. The lowest BCUT2D eigenvalue weighted by atomic mass is 10.0. The Morgan fingerprint density at radius 3 is 2.35 bits per heavy atom. The molecule has 10 heteroatoms. The molecule has 1 fully saturated rings. The van der Waals surface area contributed by atoms with E-state index < -0.39 is 22.0 Å². The van der Waals surface area contributed by atoms with E-state index in [4.69, 9.17) is 9.15 Å². The zero-order chi connectivity index (χ0) is 24.7. The van der Waals surface area contributed by atoms with Gasteiger partial charge >= 0.3 is 5.97 Å². The minimum absolute atomic E-state index is 0.0598. The van der Waals surface area contributed by atoms with Crippen LogP contribution in [0.3, 0.4) is 0 Å². The first-order valence-corrected chi connectivity index (χ1v) is 13.1. The van der Waals surface area contributed by atoms with Gasteiger partial charge in [0.1, 0.15) is 0 Å². The van der Waals surface area contributed by atoms with E-state index in [1.165, 1.54) is 16.4 Å². The van der Waals surface area contributed by atoms with Crippen molar-refractivity contribution in [3.8, 4) is 0 Å². The quantitative estimate of drug-likeness (QED) is 0.509. The summed E-state index contributed by atoms with van der Waals surface area (Å²) < 4.78 is 37.3. The Kier molecular flexibility index (Phi) is 8.87. The summed E-state index contributed by atoms with van der Waals surface area (Å²) in [6.07, 6.45) is 1.78. The number of carbonyl (C=O) groups excluding carboxylic acids is 2. The van der Waals surface area contributed by atoms with E-state index in [0.29, 0.717) is 13.1 Å². The number of furan rings is 1. The van der Waals surface area contributed by atoms with Gasteiger partial charge in [-0.15, -0.1) is 0 Å². The highest BCUT2D eigenvalue weighted by Crippen LogP contribution is 2.22. The molecule has 2 unspecified atom stereocenters. The summed E-state index contributed by atoms with van der Waals surface area (Å²) in [6, 6.07) is 12.0. The van der Waals surface area contributed by atoms with Crippen molar-refractivity contribution in [2.75, 3.05) is 32.8 Å². The fourth-order valence-electron chi connectivity index (χ4n) is 3.98. The van der Waals surface area contributed by atoms with Crippen LogP contribution in [0.2, 0.25) is 0 Å². The van der Waals surface area contributed by atoms with Crippen molar-refractivity contribution in [3.05, 3.63) is 53.8 Å². The highest BCUT2D eigenvalue weighted by molar-refractivity contribution is 7.89. The van der Waals surface area contributed by atoms with Gasteiger partial charge in [-0.2, -0.15) is 4.31 Å². The molecular weight excluding hydrogens is 458 g/mol. The summed E-state index contributed by atoms with van der Waals surface area (Å²) in [5.74, 6) is -0.932. The number of hydrogen-bond acceptors (Lipinski definition) is 7. The van der Waals surface area contributed by atoms with E-state index in [2.05, 4.69) is 12.2 Å². The zero-order valence-corrected chi connectivity index (χ0v) is 20.7. The second-order valence-electron chi connectivity index (χ2n) is 8.22. The molecule has 0 saturated carbocycles. The van der Waals surface area contributed by atoms with Gasteiger partial charge in [-0.05, 0) is 38.0 Å². The van der Waals surface area contributed by atoms with Crippen molar-refractivity contribution < 1.29 is 27.2 Å². The number of ether oxygens (including phenoxy) is 1. The third-order valence-electron chi connectivity index (χ3n) is 5.95. The summed E-state index contributed by atoms with van der Waals surface area (Å²) >= 11 is 0. The van der Waals surface area contributed by atoms with E-state index in [9.17, 15) is 18.0 Å². The van der Waals surface area contributed by atoms with Crippen LogP contribution in [0.5, 0.6) is 0 Å². The van der Waals surface area contributed by atoms with Gasteiger partial charge in [0, 0.05) is 26.2 Å². The van der Waals surface area contributed by atoms with Gasteiger partial charge in [0.2, 0.25) is 16.8 Å². The van der Waals surface area contributed by atoms with Crippen LogP contribution in [0.15, 0.2) is 52.0 Å². The molecule has 2 atom stereocenters. The predicted molar refractivity (Wildman–Crippen MR) is 127 cm³/mol. The number of sulfonamides is 1. The average Bonchev–Trinajstić information content (AvgIpc) is 3.35. The molecule has 1 aromatic heterocycles. The van der Waals surface area contributed by atoms with E-state index in [0.717, 1.165) is 18.4 Å². The molecule has 1 aliphatic heterocycles. The lowest BCUT2D eigenvalue weighted by Gasteiger charge is -2.36. The molecule has 34 heavy (non-hydrogen) atoms. The summed E-state index contributed by atoms with van der Waals surface area (Å²) in [5.41, 5.74) is 1.07. The van der Waals surface area contributed by atoms with E-state index in [-0.39, 0.29) is 42.5 Å². The van der Waals surface area contributed by atoms with Gasteiger partial charge in [-0.1, -0.05) is 43.7 Å². The molecule has 9 nitrogen and oxygen atoms in total. The first kappa shape index (κ1) is 25.9. The van der Waals surface area contributed by atoms with Crippen LogP contribution in [0.4, 0.5) is 0 Å². The van der Waals surface area contributed by atoms with Crippen LogP contribution in [0, 0.1) is 0 Å². The van der Waals surface area contributed by atoms with E-state index >= 15 is 0 Å². The van der Waals surface area contributed by atoms with Gasteiger partial charge in [0.05, 0.1) is 18.7 Å². The standard InChI is InChI=1S/C24H33N3O6S/c1-4-9-20(19-10-7-6-8-11-19)25-23(28)18(3)26-14-16-27(17-15-26)34(30,31)22-13-12-21(33-22)24(29)32-5-2/h6-8,10-13,18,20H,4-5,9,14-17H2,1-3H3,(H,25,28). The second kappa shape index (κ2) is 11.6. The molecule has 1 amide bonds. The maximum atomic E-state index is 13.0. The molecule has 0 bridgehead atoms. The van der Waals surface area contributed by atoms with Crippen molar-refractivity contribution in [3.63, 3.8) is 0 Å². The van der Waals surface area contributed by atoms with Gasteiger partial charge < -0.3 is 14.5 Å². The summed E-state index contributed by atoms with van der Waals surface area (Å²) in [6.45, 7) is 6.99. The Hall–Kier alpha value is -2.69. The second-order valence-corrected chi connectivity index (χ2v) is 10.1. The Morgan fingerprint density at radius 2 is 1.74 bits per heavy atom. The minimum atomic E-state index is -3.89. The monoisotopic (exact) mass is 491 g/mol. The van der Waals surface area contributed by atoms with Crippen LogP contribution in [-0.2, 0) is 19.6 Å². The van der Waals surface area contributed by atoms with Crippen LogP contribution >= 0.6 is 0 Å². The molecule has 2 heterocycles. The molecule has 186 valence electrons. The van der Waals surface area contributed by atoms with E-state index in [1.54, 1.807) is 6.92 Å². The van der Waals surface area contributed by atoms with E-state index in [1.807, 2.05) is 42.2 Å². The van der Waals surface area contributed by atoms with Crippen LogP contribution in [-0.4, -0.2) is 68.3 Å².